The van der Waals surface area contributed by atoms with Gasteiger partial charge in [-0.05, 0) is 12.5 Å². The van der Waals surface area contributed by atoms with E-state index in [1.165, 1.54) is 0 Å². The van der Waals surface area contributed by atoms with Gasteiger partial charge in [0.15, 0.2) is 6.04 Å². The smallest absolute Gasteiger partial charge is 0.330 e. The molecule has 1 aliphatic rings. The lowest BCUT2D eigenvalue weighted by molar-refractivity contribution is -0.139. The summed E-state index contributed by atoms with van der Waals surface area (Å²) in [4.78, 5) is 25.5. The number of carbonyl (C=O) groups excluding carboxylic acids is 1. The molecular formula is C15H20N2O3S. The van der Waals surface area contributed by atoms with Crippen molar-refractivity contribution < 1.29 is 14.7 Å². The van der Waals surface area contributed by atoms with E-state index in [9.17, 15) is 14.7 Å². The molecule has 1 fully saturated rings. The molecule has 2 N–H and O–H groups in total. The first-order valence-corrected chi connectivity index (χ1v) is 8.02. The largest absolute Gasteiger partial charge is 0.479 e. The molecule has 0 radical (unpaired) electrons. The lowest BCUT2D eigenvalue weighted by Crippen LogP contribution is -2.53. The van der Waals surface area contributed by atoms with Crippen LogP contribution >= 0.6 is 11.8 Å². The molecule has 114 valence electrons. The van der Waals surface area contributed by atoms with Gasteiger partial charge in [-0.3, -0.25) is 0 Å². The standard InChI is InChI=1S/C15H20N2O3S/c1-10-11(2)21-9-8-17(10)15(20)16-13(14(18)19)12-6-4-3-5-7-12/h3-7,10-11,13H,8-9H2,1-2H3,(H,16,20)(H,18,19)/t10?,11?,13-/m1/s1. The maximum Gasteiger partial charge on any atom is 0.330 e. The zero-order valence-electron chi connectivity index (χ0n) is 12.2. The SMILES string of the molecule is CC1SCCN(C(=O)N[C@@H](C(=O)O)c2ccccc2)C1C. The third-order valence-electron chi connectivity index (χ3n) is 3.79. The normalized spacial score (nSPS) is 23.4. The Labute approximate surface area is 128 Å². The van der Waals surface area contributed by atoms with Crippen LogP contribution in [-0.4, -0.2) is 45.6 Å². The van der Waals surface area contributed by atoms with Crippen LogP contribution in [0.4, 0.5) is 4.79 Å². The zero-order valence-corrected chi connectivity index (χ0v) is 13.0. The molecule has 2 rings (SSSR count). The van der Waals surface area contributed by atoms with Gasteiger partial charge in [-0.15, -0.1) is 0 Å². The number of benzene rings is 1. The predicted octanol–water partition coefficient (Wildman–Crippen LogP) is 2.35. The molecule has 6 heteroatoms. The molecule has 1 aromatic carbocycles. The van der Waals surface area contributed by atoms with E-state index in [0.29, 0.717) is 17.4 Å². The highest BCUT2D eigenvalue weighted by molar-refractivity contribution is 8.00. The van der Waals surface area contributed by atoms with Gasteiger partial charge in [0.25, 0.3) is 0 Å². The second-order valence-electron chi connectivity index (χ2n) is 5.14. The van der Waals surface area contributed by atoms with Gasteiger partial charge in [-0.2, -0.15) is 11.8 Å². The fourth-order valence-corrected chi connectivity index (χ4v) is 3.46. The monoisotopic (exact) mass is 308 g/mol. The molecule has 1 heterocycles. The number of rotatable bonds is 3. The van der Waals surface area contributed by atoms with Crippen molar-refractivity contribution in [1.82, 2.24) is 10.2 Å². The second-order valence-corrected chi connectivity index (χ2v) is 6.63. The number of hydrogen-bond acceptors (Lipinski definition) is 3. The quantitative estimate of drug-likeness (QED) is 0.899. The number of nitrogens with one attached hydrogen (secondary N) is 1. The minimum absolute atomic E-state index is 0.0916. The van der Waals surface area contributed by atoms with Crippen LogP contribution in [0.25, 0.3) is 0 Å². The van der Waals surface area contributed by atoms with Crippen molar-refractivity contribution in [1.29, 1.82) is 0 Å². The maximum atomic E-state index is 12.4. The van der Waals surface area contributed by atoms with Gasteiger partial charge in [-0.25, -0.2) is 9.59 Å². The van der Waals surface area contributed by atoms with Crippen molar-refractivity contribution in [3.05, 3.63) is 35.9 Å². The third-order valence-corrected chi connectivity index (χ3v) is 5.13. The van der Waals surface area contributed by atoms with Crippen molar-refractivity contribution in [3.63, 3.8) is 0 Å². The lowest BCUT2D eigenvalue weighted by Gasteiger charge is -2.37. The molecule has 0 saturated carbocycles. The minimum atomic E-state index is -1.05. The van der Waals surface area contributed by atoms with Crippen LogP contribution in [-0.2, 0) is 4.79 Å². The number of aliphatic carboxylic acids is 1. The Balaban J connectivity index is 2.10. The molecule has 2 amide bonds. The summed E-state index contributed by atoms with van der Waals surface area (Å²) in [5.41, 5.74) is 0.574. The number of urea groups is 1. The number of carboxylic acid groups (broad SMARTS) is 1. The van der Waals surface area contributed by atoms with Crippen molar-refractivity contribution >= 4 is 23.8 Å². The van der Waals surface area contributed by atoms with Gasteiger partial charge >= 0.3 is 12.0 Å². The highest BCUT2D eigenvalue weighted by Gasteiger charge is 2.31. The van der Waals surface area contributed by atoms with Crippen LogP contribution in [0.3, 0.4) is 0 Å². The fourth-order valence-electron chi connectivity index (χ4n) is 2.36. The van der Waals surface area contributed by atoms with Gasteiger partial charge in [0, 0.05) is 23.6 Å². The number of carbonyl (C=O) groups is 2. The molecule has 21 heavy (non-hydrogen) atoms. The number of amides is 2. The van der Waals surface area contributed by atoms with Gasteiger partial charge in [0.1, 0.15) is 0 Å². The summed E-state index contributed by atoms with van der Waals surface area (Å²) in [5.74, 6) is -0.177. The van der Waals surface area contributed by atoms with E-state index in [2.05, 4.69) is 12.2 Å². The van der Waals surface area contributed by atoms with E-state index >= 15 is 0 Å². The van der Waals surface area contributed by atoms with Crippen LogP contribution in [0.5, 0.6) is 0 Å². The maximum absolute atomic E-state index is 12.4. The summed E-state index contributed by atoms with van der Waals surface area (Å²) >= 11 is 1.83. The summed E-state index contributed by atoms with van der Waals surface area (Å²) < 4.78 is 0. The zero-order chi connectivity index (χ0) is 15.4. The topological polar surface area (TPSA) is 69.6 Å². The summed E-state index contributed by atoms with van der Waals surface area (Å²) in [6.45, 7) is 4.72. The highest BCUT2D eigenvalue weighted by atomic mass is 32.2. The number of carboxylic acids is 1. The lowest BCUT2D eigenvalue weighted by atomic mass is 10.1. The molecule has 5 nitrogen and oxygen atoms in total. The molecule has 1 aliphatic heterocycles. The molecule has 0 aliphatic carbocycles. The summed E-state index contributed by atoms with van der Waals surface area (Å²) in [6, 6.07) is 7.51. The molecule has 1 aromatic rings. The minimum Gasteiger partial charge on any atom is -0.479 e. The number of thioether (sulfide) groups is 1. The molecule has 1 saturated heterocycles. The molecule has 0 bridgehead atoms. The van der Waals surface area contributed by atoms with Crippen LogP contribution in [0, 0.1) is 0 Å². The average Bonchev–Trinajstić information content (AvgIpc) is 2.48. The van der Waals surface area contributed by atoms with E-state index < -0.39 is 12.0 Å². The Kier molecular flexibility index (Phi) is 5.12. The van der Waals surface area contributed by atoms with E-state index in [4.69, 9.17) is 0 Å². The van der Waals surface area contributed by atoms with Crippen LogP contribution in [0.15, 0.2) is 30.3 Å². The van der Waals surface area contributed by atoms with E-state index in [1.54, 1.807) is 29.2 Å². The van der Waals surface area contributed by atoms with Gasteiger partial charge in [-0.1, -0.05) is 37.3 Å². The average molecular weight is 308 g/mol. The Morgan fingerprint density at radius 3 is 2.62 bits per heavy atom. The molecule has 2 unspecified atom stereocenters. The van der Waals surface area contributed by atoms with Crippen LogP contribution in [0.1, 0.15) is 25.5 Å². The summed E-state index contributed by atoms with van der Waals surface area (Å²) in [6.07, 6.45) is 0. The number of nitrogens with zero attached hydrogens (tertiary/aromatic N) is 1. The van der Waals surface area contributed by atoms with Crippen molar-refractivity contribution in [2.45, 2.75) is 31.2 Å². The fraction of sp³-hybridized carbons (Fsp3) is 0.467. The summed E-state index contributed by atoms with van der Waals surface area (Å²) in [7, 11) is 0. The molecule has 3 atom stereocenters. The Morgan fingerprint density at radius 2 is 2.00 bits per heavy atom. The Bertz CT molecular complexity index is 509. The van der Waals surface area contributed by atoms with Crippen molar-refractivity contribution in [3.8, 4) is 0 Å². The summed E-state index contributed by atoms with van der Waals surface area (Å²) in [5, 5.41) is 12.3. The van der Waals surface area contributed by atoms with Crippen LogP contribution in [0.2, 0.25) is 0 Å². The van der Waals surface area contributed by atoms with Gasteiger partial charge < -0.3 is 15.3 Å². The first kappa shape index (κ1) is 15.7. The Morgan fingerprint density at radius 1 is 1.33 bits per heavy atom. The third kappa shape index (κ3) is 3.69. The van der Waals surface area contributed by atoms with Gasteiger partial charge in [0.05, 0.1) is 0 Å². The number of hydrogen-bond donors (Lipinski definition) is 2. The van der Waals surface area contributed by atoms with Crippen molar-refractivity contribution in [2.75, 3.05) is 12.3 Å². The van der Waals surface area contributed by atoms with Crippen molar-refractivity contribution in [2.24, 2.45) is 0 Å². The van der Waals surface area contributed by atoms with Crippen LogP contribution < -0.4 is 5.32 Å². The van der Waals surface area contributed by atoms with Gasteiger partial charge in [0.2, 0.25) is 0 Å². The molecule has 0 spiro atoms. The first-order chi connectivity index (χ1) is 10.0. The second kappa shape index (κ2) is 6.85. The molecular weight excluding hydrogens is 288 g/mol. The highest BCUT2D eigenvalue weighted by Crippen LogP contribution is 2.24. The van der Waals surface area contributed by atoms with E-state index in [-0.39, 0.29) is 12.1 Å². The first-order valence-electron chi connectivity index (χ1n) is 6.97. The van der Waals surface area contributed by atoms with E-state index in [0.717, 1.165) is 5.75 Å². The predicted molar refractivity (Wildman–Crippen MR) is 83.4 cm³/mol. The Hall–Kier alpha value is -1.69. The van der Waals surface area contributed by atoms with E-state index in [1.807, 2.05) is 24.8 Å². The molecule has 0 aromatic heterocycles.